The van der Waals surface area contributed by atoms with Gasteiger partial charge in [0, 0.05) is 10.8 Å². The van der Waals surface area contributed by atoms with Crippen molar-refractivity contribution in [2.75, 3.05) is 6.61 Å². The molecule has 0 amide bonds. The van der Waals surface area contributed by atoms with Crippen LogP contribution in [-0.4, -0.2) is 24.0 Å². The van der Waals surface area contributed by atoms with E-state index in [1.54, 1.807) is 36.4 Å². The zero-order valence-corrected chi connectivity index (χ0v) is 15.1. The molecule has 0 aliphatic heterocycles. The summed E-state index contributed by atoms with van der Waals surface area (Å²) in [5.41, 5.74) is 1.20. The number of fused-ring (bicyclic) bond motifs is 2. The van der Waals surface area contributed by atoms with E-state index in [0.717, 1.165) is 11.8 Å². The molecular formula is C20H18N2O3S. The van der Waals surface area contributed by atoms with Crippen LogP contribution in [0.4, 0.5) is 0 Å². The lowest BCUT2D eigenvalue weighted by atomic mass is 10.1. The minimum absolute atomic E-state index is 0.236. The zero-order chi connectivity index (χ0) is 18.1. The van der Waals surface area contributed by atoms with Crippen LogP contribution in [0, 0.1) is 0 Å². The Hall–Kier alpha value is -2.86. The molecule has 0 N–H and O–H groups in total. The SMILES string of the molecule is CCCOc1ccc(S(=O)(=O)n2cnc3ccccc32)c2ccccc12. The number of aromatic nitrogens is 2. The van der Waals surface area contributed by atoms with E-state index in [4.69, 9.17) is 4.74 Å². The molecule has 5 nitrogen and oxygen atoms in total. The van der Waals surface area contributed by atoms with Crippen LogP contribution in [0.3, 0.4) is 0 Å². The molecule has 1 aromatic heterocycles. The van der Waals surface area contributed by atoms with E-state index in [0.29, 0.717) is 28.8 Å². The largest absolute Gasteiger partial charge is 0.493 e. The molecule has 0 aliphatic rings. The quantitative estimate of drug-likeness (QED) is 0.531. The summed E-state index contributed by atoms with van der Waals surface area (Å²) in [6.07, 6.45) is 2.24. The zero-order valence-electron chi connectivity index (χ0n) is 14.3. The second-order valence-electron chi connectivity index (χ2n) is 5.99. The van der Waals surface area contributed by atoms with Crippen molar-refractivity contribution in [3.05, 3.63) is 67.0 Å². The summed E-state index contributed by atoms with van der Waals surface area (Å²) >= 11 is 0. The molecule has 132 valence electrons. The summed E-state index contributed by atoms with van der Waals surface area (Å²) in [6, 6.07) is 17.9. The van der Waals surface area contributed by atoms with Crippen molar-refractivity contribution >= 4 is 31.8 Å². The van der Waals surface area contributed by atoms with Crippen molar-refractivity contribution < 1.29 is 13.2 Å². The van der Waals surface area contributed by atoms with Crippen molar-refractivity contribution in [1.29, 1.82) is 0 Å². The van der Waals surface area contributed by atoms with Gasteiger partial charge in [0.05, 0.1) is 22.5 Å². The fourth-order valence-corrected chi connectivity index (χ4v) is 4.53. The second kappa shape index (κ2) is 6.46. The molecule has 4 aromatic rings. The van der Waals surface area contributed by atoms with Gasteiger partial charge in [-0.25, -0.2) is 17.4 Å². The molecule has 6 heteroatoms. The maximum Gasteiger partial charge on any atom is 0.270 e. The Morgan fingerprint density at radius 2 is 1.69 bits per heavy atom. The van der Waals surface area contributed by atoms with Gasteiger partial charge in [0.25, 0.3) is 10.0 Å². The number of benzene rings is 3. The summed E-state index contributed by atoms with van der Waals surface area (Å²) in [7, 11) is -3.79. The standard InChI is InChI=1S/C20H18N2O3S/c1-2-13-25-19-11-12-20(16-8-4-3-7-15(16)19)26(23,24)22-14-21-17-9-5-6-10-18(17)22/h3-12,14H,2,13H2,1H3. The monoisotopic (exact) mass is 366 g/mol. The van der Waals surface area contributed by atoms with Crippen LogP contribution in [-0.2, 0) is 10.0 Å². The minimum Gasteiger partial charge on any atom is -0.493 e. The lowest BCUT2D eigenvalue weighted by Crippen LogP contribution is -2.12. The highest BCUT2D eigenvalue weighted by atomic mass is 32.2. The van der Waals surface area contributed by atoms with Crippen molar-refractivity contribution in [3.8, 4) is 5.75 Å². The first-order valence-electron chi connectivity index (χ1n) is 8.45. The average Bonchev–Trinajstić information content (AvgIpc) is 3.11. The van der Waals surface area contributed by atoms with E-state index in [-0.39, 0.29) is 4.90 Å². The topological polar surface area (TPSA) is 61.2 Å². The summed E-state index contributed by atoms with van der Waals surface area (Å²) in [5, 5.41) is 1.42. The third-order valence-electron chi connectivity index (χ3n) is 4.26. The third kappa shape index (κ3) is 2.63. The lowest BCUT2D eigenvalue weighted by molar-refractivity contribution is 0.321. The summed E-state index contributed by atoms with van der Waals surface area (Å²) < 4.78 is 33.7. The Morgan fingerprint density at radius 1 is 0.962 bits per heavy atom. The Morgan fingerprint density at radius 3 is 2.50 bits per heavy atom. The highest BCUT2D eigenvalue weighted by Crippen LogP contribution is 2.33. The fraction of sp³-hybridized carbons (Fsp3) is 0.150. The molecule has 0 saturated heterocycles. The molecule has 0 bridgehead atoms. The van der Waals surface area contributed by atoms with E-state index in [2.05, 4.69) is 4.98 Å². The minimum atomic E-state index is -3.79. The predicted molar refractivity (Wildman–Crippen MR) is 102 cm³/mol. The van der Waals surface area contributed by atoms with Crippen molar-refractivity contribution in [2.45, 2.75) is 18.2 Å². The molecular weight excluding hydrogens is 348 g/mol. The van der Waals surface area contributed by atoms with Gasteiger partial charge in [0.2, 0.25) is 0 Å². The van der Waals surface area contributed by atoms with E-state index >= 15 is 0 Å². The summed E-state index contributed by atoms with van der Waals surface area (Å²) in [5.74, 6) is 0.692. The number of hydrogen-bond donors (Lipinski definition) is 0. The molecule has 26 heavy (non-hydrogen) atoms. The van der Waals surface area contributed by atoms with E-state index in [1.165, 1.54) is 10.3 Å². The van der Waals surface area contributed by atoms with E-state index in [1.807, 2.05) is 31.2 Å². The molecule has 0 unspecified atom stereocenters. The van der Waals surface area contributed by atoms with Crippen LogP contribution >= 0.6 is 0 Å². The molecule has 0 fully saturated rings. The van der Waals surface area contributed by atoms with Crippen molar-refractivity contribution in [1.82, 2.24) is 8.96 Å². The highest BCUT2D eigenvalue weighted by Gasteiger charge is 2.23. The van der Waals surface area contributed by atoms with Crippen LogP contribution < -0.4 is 4.74 Å². The van der Waals surface area contributed by atoms with Crippen LogP contribution in [0.2, 0.25) is 0 Å². The Bertz CT molecular complexity index is 1200. The molecule has 4 rings (SSSR count). The predicted octanol–water partition coefficient (Wildman–Crippen LogP) is 4.22. The number of para-hydroxylation sites is 2. The van der Waals surface area contributed by atoms with E-state index < -0.39 is 10.0 Å². The Kier molecular flexibility index (Phi) is 4.12. The van der Waals surface area contributed by atoms with Crippen LogP contribution in [0.25, 0.3) is 21.8 Å². The number of ether oxygens (including phenoxy) is 1. The van der Waals surface area contributed by atoms with Gasteiger partial charge < -0.3 is 4.74 Å². The molecule has 1 heterocycles. The first kappa shape index (κ1) is 16.6. The number of hydrogen-bond acceptors (Lipinski definition) is 4. The van der Waals surface area contributed by atoms with Gasteiger partial charge in [-0.3, -0.25) is 0 Å². The molecule has 0 radical (unpaired) electrons. The fourth-order valence-electron chi connectivity index (χ4n) is 3.04. The first-order chi connectivity index (χ1) is 12.6. The maximum atomic E-state index is 13.3. The van der Waals surface area contributed by atoms with Gasteiger partial charge in [0.1, 0.15) is 12.1 Å². The van der Waals surface area contributed by atoms with Crippen molar-refractivity contribution in [3.63, 3.8) is 0 Å². The molecule has 0 saturated carbocycles. The van der Waals surface area contributed by atoms with Gasteiger partial charge in [-0.15, -0.1) is 0 Å². The Balaban J connectivity index is 1.94. The molecule has 0 atom stereocenters. The number of nitrogens with zero attached hydrogens (tertiary/aromatic N) is 2. The van der Waals surface area contributed by atoms with Crippen LogP contribution in [0.15, 0.2) is 71.9 Å². The smallest absolute Gasteiger partial charge is 0.270 e. The maximum absolute atomic E-state index is 13.3. The number of imidazole rings is 1. The van der Waals surface area contributed by atoms with E-state index in [9.17, 15) is 8.42 Å². The van der Waals surface area contributed by atoms with Crippen LogP contribution in [0.5, 0.6) is 5.75 Å². The third-order valence-corrected chi connectivity index (χ3v) is 5.98. The van der Waals surface area contributed by atoms with Crippen LogP contribution in [0.1, 0.15) is 13.3 Å². The highest BCUT2D eigenvalue weighted by molar-refractivity contribution is 7.90. The van der Waals surface area contributed by atoms with Gasteiger partial charge in [-0.2, -0.15) is 0 Å². The van der Waals surface area contributed by atoms with Gasteiger partial charge >= 0.3 is 0 Å². The summed E-state index contributed by atoms with van der Waals surface area (Å²) in [4.78, 5) is 4.44. The summed E-state index contributed by atoms with van der Waals surface area (Å²) in [6.45, 7) is 2.62. The first-order valence-corrected chi connectivity index (χ1v) is 9.89. The van der Waals surface area contributed by atoms with Crippen molar-refractivity contribution in [2.24, 2.45) is 0 Å². The average molecular weight is 366 g/mol. The number of rotatable bonds is 5. The molecule has 0 aliphatic carbocycles. The second-order valence-corrected chi connectivity index (χ2v) is 7.77. The normalized spacial score (nSPS) is 11.9. The van der Waals surface area contributed by atoms with Gasteiger partial charge in [0.15, 0.2) is 0 Å². The molecule has 0 spiro atoms. The molecule has 3 aromatic carbocycles. The van der Waals surface area contributed by atoms with Gasteiger partial charge in [-0.05, 0) is 30.7 Å². The Labute approximate surface area is 151 Å². The lowest BCUT2D eigenvalue weighted by Gasteiger charge is -2.13. The van der Waals surface area contributed by atoms with Gasteiger partial charge in [-0.1, -0.05) is 43.3 Å².